The van der Waals surface area contributed by atoms with E-state index in [1.54, 1.807) is 0 Å². The Balaban J connectivity index is 1.59. The smallest absolute Gasteiger partial charge is 0.119 e. The summed E-state index contributed by atoms with van der Waals surface area (Å²) in [7, 11) is 0. The molecule has 17 heavy (non-hydrogen) atoms. The topological polar surface area (TPSA) is 21.3 Å². The highest BCUT2D eigenvalue weighted by Crippen LogP contribution is 2.27. The molecule has 1 aromatic carbocycles. The molecular weight excluding hydrogens is 210 g/mol. The highest BCUT2D eigenvalue weighted by Gasteiger charge is 2.20. The van der Waals surface area contributed by atoms with Crippen LogP contribution < -0.4 is 10.1 Å². The first-order valence-corrected chi connectivity index (χ1v) is 6.77. The number of para-hydroxylation sites is 1. The van der Waals surface area contributed by atoms with Crippen LogP contribution in [0.4, 0.5) is 0 Å². The van der Waals surface area contributed by atoms with Gasteiger partial charge in [-0.15, -0.1) is 0 Å². The third-order valence-electron chi connectivity index (χ3n) is 3.69. The average molecular weight is 233 g/mol. The summed E-state index contributed by atoms with van der Waals surface area (Å²) in [5.41, 5.74) is 0. The molecule has 1 fully saturated rings. The molecule has 1 aliphatic rings. The predicted molar refractivity (Wildman–Crippen MR) is 71.4 cm³/mol. The second-order valence-corrected chi connectivity index (χ2v) is 4.95. The lowest BCUT2D eigenvalue weighted by atomic mass is 10.00. The molecule has 2 nitrogen and oxygen atoms in total. The van der Waals surface area contributed by atoms with Crippen molar-refractivity contribution >= 4 is 0 Å². The zero-order chi connectivity index (χ0) is 11.9. The van der Waals surface area contributed by atoms with Crippen LogP contribution in [0, 0.1) is 5.92 Å². The molecule has 1 N–H and O–H groups in total. The number of benzene rings is 1. The van der Waals surface area contributed by atoms with Crippen LogP contribution in [0.25, 0.3) is 0 Å². The van der Waals surface area contributed by atoms with Crippen LogP contribution >= 0.6 is 0 Å². The first-order valence-electron chi connectivity index (χ1n) is 6.77. The molecule has 2 heteroatoms. The zero-order valence-electron chi connectivity index (χ0n) is 10.7. The van der Waals surface area contributed by atoms with Crippen LogP contribution in [0.1, 0.15) is 32.6 Å². The van der Waals surface area contributed by atoms with Gasteiger partial charge < -0.3 is 10.1 Å². The second-order valence-electron chi connectivity index (χ2n) is 4.95. The molecular formula is C15H23NO. The van der Waals surface area contributed by atoms with Gasteiger partial charge in [-0.05, 0) is 37.8 Å². The summed E-state index contributed by atoms with van der Waals surface area (Å²) in [5.74, 6) is 1.84. The number of hydrogen-bond acceptors (Lipinski definition) is 2. The first kappa shape index (κ1) is 12.4. The van der Waals surface area contributed by atoms with Gasteiger partial charge in [-0.2, -0.15) is 0 Å². The fourth-order valence-corrected chi connectivity index (χ4v) is 2.60. The summed E-state index contributed by atoms with van der Waals surface area (Å²) in [6.45, 7) is 3.99. The summed E-state index contributed by atoms with van der Waals surface area (Å²) < 4.78 is 5.66. The third-order valence-corrected chi connectivity index (χ3v) is 3.69. The van der Waals surface area contributed by atoms with Crippen molar-refractivity contribution in [2.45, 2.75) is 38.6 Å². The standard InChI is InChI=1S/C15H23NO/c1-13(14-7-5-6-8-14)16-11-12-17-15-9-3-2-4-10-15/h2-4,9-10,13-14,16H,5-8,11-12H2,1H3/t13-/m1/s1. The number of hydrogen-bond donors (Lipinski definition) is 1. The van der Waals surface area contributed by atoms with Crippen LogP contribution in [0.2, 0.25) is 0 Å². The fourth-order valence-electron chi connectivity index (χ4n) is 2.60. The molecule has 0 amide bonds. The van der Waals surface area contributed by atoms with Gasteiger partial charge in [0, 0.05) is 12.6 Å². The van der Waals surface area contributed by atoms with E-state index < -0.39 is 0 Å². The minimum absolute atomic E-state index is 0.636. The normalized spacial score (nSPS) is 18.2. The average Bonchev–Trinajstić information content (AvgIpc) is 2.89. The van der Waals surface area contributed by atoms with Gasteiger partial charge in [-0.1, -0.05) is 31.0 Å². The van der Waals surface area contributed by atoms with Crippen molar-refractivity contribution in [2.75, 3.05) is 13.2 Å². The molecule has 0 unspecified atom stereocenters. The van der Waals surface area contributed by atoms with Gasteiger partial charge in [0.05, 0.1) is 0 Å². The monoisotopic (exact) mass is 233 g/mol. The van der Waals surface area contributed by atoms with Crippen molar-refractivity contribution < 1.29 is 4.74 Å². The third kappa shape index (κ3) is 4.04. The molecule has 1 aliphatic carbocycles. The van der Waals surface area contributed by atoms with Crippen molar-refractivity contribution in [2.24, 2.45) is 5.92 Å². The van der Waals surface area contributed by atoms with Crippen molar-refractivity contribution in [1.29, 1.82) is 0 Å². The summed E-state index contributed by atoms with van der Waals surface area (Å²) >= 11 is 0. The highest BCUT2D eigenvalue weighted by molar-refractivity contribution is 5.20. The Kier molecular flexibility index (Phi) is 4.87. The molecule has 0 spiro atoms. The van der Waals surface area contributed by atoms with Crippen molar-refractivity contribution in [3.63, 3.8) is 0 Å². The molecule has 0 bridgehead atoms. The minimum atomic E-state index is 0.636. The Morgan fingerprint density at radius 2 is 1.94 bits per heavy atom. The molecule has 0 saturated heterocycles. The summed E-state index contributed by atoms with van der Waals surface area (Å²) in [4.78, 5) is 0. The Hall–Kier alpha value is -1.02. The lowest BCUT2D eigenvalue weighted by Gasteiger charge is -2.20. The molecule has 0 heterocycles. The first-order chi connectivity index (χ1) is 8.36. The van der Waals surface area contributed by atoms with Crippen LogP contribution in [-0.2, 0) is 0 Å². The quantitative estimate of drug-likeness (QED) is 0.762. The fraction of sp³-hybridized carbons (Fsp3) is 0.600. The van der Waals surface area contributed by atoms with E-state index in [2.05, 4.69) is 12.2 Å². The molecule has 1 aromatic rings. The minimum Gasteiger partial charge on any atom is -0.492 e. The Bertz CT molecular complexity index is 306. The lowest BCUT2D eigenvalue weighted by molar-refractivity contribution is 0.290. The van der Waals surface area contributed by atoms with E-state index in [1.807, 2.05) is 30.3 Å². The van der Waals surface area contributed by atoms with E-state index in [0.717, 1.165) is 24.8 Å². The van der Waals surface area contributed by atoms with Gasteiger partial charge >= 0.3 is 0 Å². The number of ether oxygens (including phenoxy) is 1. The summed E-state index contributed by atoms with van der Waals surface area (Å²) in [5, 5.41) is 3.57. The Morgan fingerprint density at radius 3 is 2.65 bits per heavy atom. The Morgan fingerprint density at radius 1 is 1.24 bits per heavy atom. The van der Waals surface area contributed by atoms with E-state index >= 15 is 0 Å². The molecule has 1 atom stereocenters. The number of nitrogens with one attached hydrogen (secondary N) is 1. The van der Waals surface area contributed by atoms with Gasteiger partial charge in [0.15, 0.2) is 0 Å². The maximum Gasteiger partial charge on any atom is 0.119 e. The van der Waals surface area contributed by atoms with Crippen LogP contribution in [0.15, 0.2) is 30.3 Å². The Labute approximate surface area is 104 Å². The number of rotatable bonds is 6. The predicted octanol–water partition coefficient (Wildman–Crippen LogP) is 3.23. The van der Waals surface area contributed by atoms with E-state index in [0.29, 0.717) is 6.04 Å². The largest absolute Gasteiger partial charge is 0.492 e. The SMILES string of the molecule is C[C@@H](NCCOc1ccccc1)C1CCCC1. The van der Waals surface area contributed by atoms with E-state index in [1.165, 1.54) is 25.7 Å². The second kappa shape index (κ2) is 6.65. The van der Waals surface area contributed by atoms with E-state index in [9.17, 15) is 0 Å². The van der Waals surface area contributed by atoms with Crippen LogP contribution in [0.5, 0.6) is 5.75 Å². The highest BCUT2D eigenvalue weighted by atomic mass is 16.5. The lowest BCUT2D eigenvalue weighted by Crippen LogP contribution is -2.35. The molecule has 0 aliphatic heterocycles. The molecule has 2 rings (SSSR count). The van der Waals surface area contributed by atoms with E-state index in [-0.39, 0.29) is 0 Å². The van der Waals surface area contributed by atoms with Crippen molar-refractivity contribution in [1.82, 2.24) is 5.32 Å². The van der Waals surface area contributed by atoms with Gasteiger partial charge in [-0.3, -0.25) is 0 Å². The zero-order valence-corrected chi connectivity index (χ0v) is 10.7. The van der Waals surface area contributed by atoms with Gasteiger partial charge in [0.25, 0.3) is 0 Å². The van der Waals surface area contributed by atoms with E-state index in [4.69, 9.17) is 4.74 Å². The maximum absolute atomic E-state index is 5.66. The molecule has 0 aromatic heterocycles. The summed E-state index contributed by atoms with van der Waals surface area (Å²) in [6, 6.07) is 10.7. The molecule has 94 valence electrons. The van der Waals surface area contributed by atoms with Crippen LogP contribution in [0.3, 0.4) is 0 Å². The molecule has 1 saturated carbocycles. The van der Waals surface area contributed by atoms with Crippen LogP contribution in [-0.4, -0.2) is 19.2 Å². The molecule has 0 radical (unpaired) electrons. The summed E-state index contributed by atoms with van der Waals surface area (Å²) in [6.07, 6.45) is 5.62. The van der Waals surface area contributed by atoms with Crippen molar-refractivity contribution in [3.05, 3.63) is 30.3 Å². The van der Waals surface area contributed by atoms with Crippen molar-refractivity contribution in [3.8, 4) is 5.75 Å². The van der Waals surface area contributed by atoms with Gasteiger partial charge in [0.2, 0.25) is 0 Å². The van der Waals surface area contributed by atoms with Gasteiger partial charge in [-0.25, -0.2) is 0 Å². The van der Waals surface area contributed by atoms with Gasteiger partial charge in [0.1, 0.15) is 12.4 Å². The maximum atomic E-state index is 5.66.